The average Bonchev–Trinajstić information content (AvgIpc) is 3.06. The first-order chi connectivity index (χ1) is 15.3. The highest BCUT2D eigenvalue weighted by Crippen LogP contribution is 2.25. The third-order valence-corrected chi connectivity index (χ3v) is 4.92. The summed E-state index contributed by atoms with van der Waals surface area (Å²) in [4.78, 5) is 23.6. The lowest BCUT2D eigenvalue weighted by Crippen LogP contribution is -2.13. The van der Waals surface area contributed by atoms with Gasteiger partial charge in [0.25, 0.3) is 0 Å². The van der Waals surface area contributed by atoms with Gasteiger partial charge in [-0.25, -0.2) is 13.9 Å². The van der Waals surface area contributed by atoms with Crippen LogP contribution in [0.3, 0.4) is 0 Å². The molecular formula is C23H21ClFN3O4. The maximum atomic E-state index is 13.2. The van der Waals surface area contributed by atoms with Gasteiger partial charge in [-0.2, -0.15) is 5.10 Å². The zero-order valence-corrected chi connectivity index (χ0v) is 18.4. The van der Waals surface area contributed by atoms with Gasteiger partial charge in [0.2, 0.25) is 5.91 Å². The van der Waals surface area contributed by atoms with Gasteiger partial charge in [0.15, 0.2) is 6.61 Å². The molecule has 0 aliphatic carbocycles. The Bertz CT molecular complexity index is 1170. The van der Waals surface area contributed by atoms with Crippen molar-refractivity contribution in [3.05, 3.63) is 76.3 Å². The van der Waals surface area contributed by atoms with E-state index in [1.54, 1.807) is 50.3 Å². The van der Waals surface area contributed by atoms with E-state index in [1.165, 1.54) is 30.0 Å². The van der Waals surface area contributed by atoms with Crippen molar-refractivity contribution in [2.45, 2.75) is 13.8 Å². The van der Waals surface area contributed by atoms with E-state index in [2.05, 4.69) is 15.2 Å². The number of ether oxygens (including phenoxy) is 2. The van der Waals surface area contributed by atoms with Gasteiger partial charge in [-0.1, -0.05) is 11.6 Å². The number of benzene rings is 2. The maximum Gasteiger partial charge on any atom is 0.343 e. The van der Waals surface area contributed by atoms with Crippen LogP contribution < -0.4 is 10.1 Å². The number of aryl methyl sites for hydroxylation is 2. The number of rotatable bonds is 7. The summed E-state index contributed by atoms with van der Waals surface area (Å²) in [6, 6.07) is 10.8. The fraction of sp³-hybridized carbons (Fsp3) is 0.174. The Morgan fingerprint density at radius 2 is 1.91 bits per heavy atom. The summed E-state index contributed by atoms with van der Waals surface area (Å²) in [5.74, 6) is -0.718. The first kappa shape index (κ1) is 23.0. The van der Waals surface area contributed by atoms with Gasteiger partial charge in [0.05, 0.1) is 18.5 Å². The molecule has 166 valence electrons. The van der Waals surface area contributed by atoms with Gasteiger partial charge in [-0.3, -0.25) is 4.79 Å². The molecule has 1 heterocycles. The molecule has 32 heavy (non-hydrogen) atoms. The molecule has 0 radical (unpaired) electrons. The van der Waals surface area contributed by atoms with Crippen molar-refractivity contribution < 1.29 is 23.5 Å². The molecule has 9 heteroatoms. The summed E-state index contributed by atoms with van der Waals surface area (Å²) in [6.45, 7) is 3.37. The molecule has 0 saturated carbocycles. The molecule has 3 rings (SSSR count). The van der Waals surface area contributed by atoms with E-state index in [-0.39, 0.29) is 18.3 Å². The SMILES string of the molecule is COC(=O)COc1ccc(NC(=O)/C=C/c2c(C)nn(-c3ccc(F)cc3)c2Cl)c(C)c1. The molecule has 0 fully saturated rings. The zero-order chi connectivity index (χ0) is 23.3. The molecule has 3 aromatic rings. The number of carbonyl (C=O) groups excluding carboxylic acids is 2. The normalized spacial score (nSPS) is 10.9. The zero-order valence-electron chi connectivity index (χ0n) is 17.7. The Morgan fingerprint density at radius 3 is 2.56 bits per heavy atom. The molecule has 1 aromatic heterocycles. The molecule has 0 unspecified atom stereocenters. The van der Waals surface area contributed by atoms with Gasteiger partial charge in [-0.15, -0.1) is 0 Å². The first-order valence-corrected chi connectivity index (χ1v) is 9.96. The van der Waals surface area contributed by atoms with Crippen molar-refractivity contribution in [3.8, 4) is 11.4 Å². The van der Waals surface area contributed by atoms with Crippen LogP contribution in [0.5, 0.6) is 5.75 Å². The van der Waals surface area contributed by atoms with Crippen molar-refractivity contribution in [3.63, 3.8) is 0 Å². The fourth-order valence-corrected chi connectivity index (χ4v) is 3.19. The fourth-order valence-electron chi connectivity index (χ4n) is 2.85. The van der Waals surface area contributed by atoms with Crippen LogP contribution >= 0.6 is 11.6 Å². The largest absolute Gasteiger partial charge is 0.482 e. The number of anilines is 1. The monoisotopic (exact) mass is 457 g/mol. The summed E-state index contributed by atoms with van der Waals surface area (Å²) in [5.41, 5.74) is 3.15. The molecule has 0 spiro atoms. The van der Waals surface area contributed by atoms with E-state index >= 15 is 0 Å². The van der Waals surface area contributed by atoms with Gasteiger partial charge in [0.1, 0.15) is 16.7 Å². The molecule has 0 aliphatic heterocycles. The highest BCUT2D eigenvalue weighted by molar-refractivity contribution is 6.31. The number of amides is 1. The van der Waals surface area contributed by atoms with E-state index in [1.807, 2.05) is 0 Å². The van der Waals surface area contributed by atoms with Crippen molar-refractivity contribution in [1.29, 1.82) is 0 Å². The van der Waals surface area contributed by atoms with Gasteiger partial charge >= 0.3 is 5.97 Å². The van der Waals surface area contributed by atoms with Crippen LogP contribution in [-0.4, -0.2) is 35.4 Å². The molecule has 0 bridgehead atoms. The molecule has 0 saturated heterocycles. The Hall–Kier alpha value is -3.65. The van der Waals surface area contributed by atoms with Gasteiger partial charge < -0.3 is 14.8 Å². The molecule has 0 atom stereocenters. The van der Waals surface area contributed by atoms with Crippen molar-refractivity contribution in [1.82, 2.24) is 9.78 Å². The molecule has 0 aliphatic rings. The Morgan fingerprint density at radius 1 is 1.19 bits per heavy atom. The van der Waals surface area contributed by atoms with Gasteiger partial charge in [0, 0.05) is 17.3 Å². The Balaban J connectivity index is 1.69. The number of aromatic nitrogens is 2. The minimum absolute atomic E-state index is 0.198. The lowest BCUT2D eigenvalue weighted by Gasteiger charge is -2.10. The van der Waals surface area contributed by atoms with Crippen LogP contribution in [0.1, 0.15) is 16.8 Å². The lowest BCUT2D eigenvalue weighted by atomic mass is 10.2. The second-order valence-corrected chi connectivity index (χ2v) is 7.20. The summed E-state index contributed by atoms with van der Waals surface area (Å²) in [5, 5.41) is 7.45. The highest BCUT2D eigenvalue weighted by atomic mass is 35.5. The van der Waals surface area contributed by atoms with Gasteiger partial charge in [-0.05, 0) is 68.0 Å². The number of nitrogens with zero attached hydrogens (tertiary/aromatic N) is 2. The van der Waals surface area contributed by atoms with Crippen LogP contribution in [0.15, 0.2) is 48.5 Å². The maximum absolute atomic E-state index is 13.2. The third kappa shape index (κ3) is 5.53. The van der Waals surface area contributed by atoms with E-state index in [0.29, 0.717) is 33.5 Å². The predicted octanol–water partition coefficient (Wildman–Crippen LogP) is 4.49. The number of methoxy groups -OCH3 is 1. The average molecular weight is 458 g/mol. The number of hydrogen-bond donors (Lipinski definition) is 1. The van der Waals surface area contributed by atoms with Crippen LogP contribution in [-0.2, 0) is 14.3 Å². The predicted molar refractivity (Wildman–Crippen MR) is 120 cm³/mol. The quantitative estimate of drug-likeness (QED) is 0.417. The smallest absolute Gasteiger partial charge is 0.343 e. The van der Waals surface area contributed by atoms with E-state index < -0.39 is 5.97 Å². The number of hydrogen-bond acceptors (Lipinski definition) is 5. The topological polar surface area (TPSA) is 82.4 Å². The second kappa shape index (κ2) is 10.1. The van der Waals surface area contributed by atoms with E-state index in [9.17, 15) is 14.0 Å². The third-order valence-electron chi connectivity index (χ3n) is 4.56. The lowest BCUT2D eigenvalue weighted by molar-refractivity contribution is -0.142. The first-order valence-electron chi connectivity index (χ1n) is 9.59. The Kier molecular flexibility index (Phi) is 7.27. The van der Waals surface area contributed by atoms with Crippen molar-refractivity contribution >= 4 is 35.2 Å². The molecule has 1 amide bonds. The van der Waals surface area contributed by atoms with Crippen LogP contribution in [0.25, 0.3) is 11.8 Å². The molecule has 2 aromatic carbocycles. The summed E-state index contributed by atoms with van der Waals surface area (Å²) in [7, 11) is 1.28. The minimum atomic E-state index is -0.484. The summed E-state index contributed by atoms with van der Waals surface area (Å²) < 4.78 is 24.5. The minimum Gasteiger partial charge on any atom is -0.482 e. The standard InChI is InChI=1S/C23H21ClFN3O4/c1-14-12-18(32-13-22(30)31-3)8-10-20(14)26-21(29)11-9-19-15(2)27-28(23(19)24)17-6-4-16(25)5-7-17/h4-12H,13H2,1-3H3,(H,26,29)/b11-9+. The van der Waals surface area contributed by atoms with Crippen LogP contribution in [0.2, 0.25) is 5.15 Å². The summed E-state index contributed by atoms with van der Waals surface area (Å²) in [6.07, 6.45) is 2.93. The number of nitrogens with one attached hydrogen (secondary N) is 1. The molecule has 7 nitrogen and oxygen atoms in total. The van der Waals surface area contributed by atoms with Crippen molar-refractivity contribution in [2.75, 3.05) is 19.0 Å². The number of esters is 1. The van der Waals surface area contributed by atoms with Crippen molar-refractivity contribution in [2.24, 2.45) is 0 Å². The summed E-state index contributed by atoms with van der Waals surface area (Å²) >= 11 is 6.43. The Labute approximate surface area is 189 Å². The molecular weight excluding hydrogens is 437 g/mol. The van der Waals surface area contributed by atoms with E-state index in [4.69, 9.17) is 16.3 Å². The highest BCUT2D eigenvalue weighted by Gasteiger charge is 2.13. The second-order valence-electron chi connectivity index (χ2n) is 6.84. The number of halogens is 2. The number of carbonyl (C=O) groups is 2. The van der Waals surface area contributed by atoms with Crippen LogP contribution in [0, 0.1) is 19.7 Å². The van der Waals surface area contributed by atoms with Crippen LogP contribution in [0.4, 0.5) is 10.1 Å². The molecule has 1 N–H and O–H groups in total. The van der Waals surface area contributed by atoms with E-state index in [0.717, 1.165) is 5.56 Å².